The average molecular weight is 359 g/mol. The molecule has 3 aromatic rings. The van der Waals surface area contributed by atoms with Gasteiger partial charge < -0.3 is 0 Å². The second-order valence-electron chi connectivity index (χ2n) is 5.55. The molecule has 128 valence electrons. The number of nitro benzene ring substituents is 1. The van der Waals surface area contributed by atoms with E-state index in [9.17, 15) is 10.1 Å². The van der Waals surface area contributed by atoms with Gasteiger partial charge in [0.2, 0.25) is 0 Å². The number of hydrogen-bond acceptors (Lipinski definition) is 6. The maximum absolute atomic E-state index is 10.9. The van der Waals surface area contributed by atoms with Crippen LogP contribution in [0.5, 0.6) is 0 Å². The van der Waals surface area contributed by atoms with E-state index >= 15 is 0 Å². The molecule has 1 heterocycles. The molecule has 0 spiro atoms. The van der Waals surface area contributed by atoms with Crippen molar-refractivity contribution in [3.05, 3.63) is 75.1 Å². The molecule has 0 fully saturated rings. The first-order chi connectivity index (χ1) is 12.0. The van der Waals surface area contributed by atoms with Crippen LogP contribution in [0, 0.1) is 10.1 Å². The lowest BCUT2D eigenvalue weighted by molar-refractivity contribution is -0.384. The Morgan fingerprint density at radius 1 is 1.20 bits per heavy atom. The van der Waals surface area contributed by atoms with E-state index in [1.807, 2.05) is 42.3 Å². The first kappa shape index (κ1) is 17.0. The fraction of sp³-hybridized carbons (Fsp3) is 0.188. The summed E-state index contributed by atoms with van der Waals surface area (Å²) < 4.78 is 1.66. The zero-order chi connectivity index (χ0) is 17.8. The van der Waals surface area contributed by atoms with Gasteiger partial charge in [0.15, 0.2) is 5.82 Å². The van der Waals surface area contributed by atoms with Gasteiger partial charge in [0.1, 0.15) is 0 Å². The fourth-order valence-corrected chi connectivity index (χ4v) is 2.64. The topological polar surface area (TPSA) is 90.0 Å². The van der Waals surface area contributed by atoms with Crippen LogP contribution in [-0.4, -0.2) is 37.1 Å². The van der Waals surface area contributed by atoms with Gasteiger partial charge in [-0.05, 0) is 41.2 Å². The number of halogens is 1. The highest BCUT2D eigenvalue weighted by molar-refractivity contribution is 6.31. The largest absolute Gasteiger partial charge is 0.295 e. The molecule has 0 atom stereocenters. The lowest BCUT2D eigenvalue weighted by atomic mass is 10.2. The number of aromatic nitrogens is 4. The van der Waals surface area contributed by atoms with Gasteiger partial charge in [-0.3, -0.25) is 15.0 Å². The van der Waals surface area contributed by atoms with Crippen LogP contribution in [0.3, 0.4) is 0 Å². The van der Waals surface area contributed by atoms with Crippen LogP contribution in [0.25, 0.3) is 5.69 Å². The van der Waals surface area contributed by atoms with Crippen LogP contribution < -0.4 is 0 Å². The lowest BCUT2D eigenvalue weighted by Crippen LogP contribution is -2.20. The van der Waals surface area contributed by atoms with Crippen LogP contribution >= 0.6 is 11.6 Å². The van der Waals surface area contributed by atoms with Crippen LogP contribution in [0.2, 0.25) is 5.02 Å². The van der Waals surface area contributed by atoms with Crippen LogP contribution in [-0.2, 0) is 13.1 Å². The van der Waals surface area contributed by atoms with E-state index in [-0.39, 0.29) is 5.69 Å². The minimum atomic E-state index is -0.435. The second-order valence-corrected chi connectivity index (χ2v) is 5.95. The summed E-state index contributed by atoms with van der Waals surface area (Å²) in [5.41, 5.74) is 1.56. The molecule has 2 aromatic carbocycles. The molecule has 1 aromatic heterocycles. The van der Waals surface area contributed by atoms with Crippen molar-refractivity contribution in [2.75, 3.05) is 7.05 Å². The molecular weight excluding hydrogens is 344 g/mol. The number of rotatable bonds is 6. The van der Waals surface area contributed by atoms with Gasteiger partial charge in [0.05, 0.1) is 17.2 Å². The van der Waals surface area contributed by atoms with E-state index in [1.54, 1.807) is 4.68 Å². The normalized spacial score (nSPS) is 11.0. The number of nitrogens with zero attached hydrogens (tertiary/aromatic N) is 6. The molecule has 0 saturated heterocycles. The smallest absolute Gasteiger partial charge is 0.269 e. The van der Waals surface area contributed by atoms with Gasteiger partial charge in [0.25, 0.3) is 5.69 Å². The maximum Gasteiger partial charge on any atom is 0.269 e. The highest BCUT2D eigenvalue weighted by Crippen LogP contribution is 2.23. The highest BCUT2D eigenvalue weighted by Gasteiger charge is 2.14. The van der Waals surface area contributed by atoms with E-state index in [4.69, 9.17) is 11.6 Å². The summed E-state index contributed by atoms with van der Waals surface area (Å²) >= 11 is 6.16. The predicted octanol–water partition coefficient (Wildman–Crippen LogP) is 2.86. The highest BCUT2D eigenvalue weighted by atomic mass is 35.5. The second kappa shape index (κ2) is 7.37. The summed E-state index contributed by atoms with van der Waals surface area (Å²) in [6.07, 6.45) is 0. The molecule has 3 rings (SSSR count). The molecule has 0 aliphatic carbocycles. The molecule has 8 nitrogen and oxygen atoms in total. The standard InChI is InChI=1S/C16H15ClN6O2/c1-21(10-12-9-14(23(24)25)7-8-15(12)17)11-16-18-19-20-22(16)13-5-3-2-4-6-13/h2-9H,10-11H2,1H3. The number of benzene rings is 2. The summed E-state index contributed by atoms with van der Waals surface area (Å²) in [5.74, 6) is 0.662. The van der Waals surface area contributed by atoms with Gasteiger partial charge >= 0.3 is 0 Å². The lowest BCUT2D eigenvalue weighted by Gasteiger charge is -2.17. The minimum Gasteiger partial charge on any atom is -0.295 e. The Bertz CT molecular complexity index is 883. The Labute approximate surface area is 148 Å². The molecule has 0 saturated carbocycles. The maximum atomic E-state index is 10.9. The Hall–Kier alpha value is -2.84. The van der Waals surface area contributed by atoms with E-state index in [0.717, 1.165) is 5.69 Å². The number of tetrazole rings is 1. The molecular formula is C16H15ClN6O2. The summed E-state index contributed by atoms with van der Waals surface area (Å²) in [4.78, 5) is 12.4. The van der Waals surface area contributed by atoms with E-state index < -0.39 is 4.92 Å². The van der Waals surface area contributed by atoms with E-state index in [1.165, 1.54) is 18.2 Å². The van der Waals surface area contributed by atoms with Crippen molar-refractivity contribution in [2.45, 2.75) is 13.1 Å². The number of nitro groups is 1. The fourth-order valence-electron chi connectivity index (χ4n) is 2.46. The zero-order valence-electron chi connectivity index (χ0n) is 13.4. The van der Waals surface area contributed by atoms with Gasteiger partial charge in [-0.2, -0.15) is 4.68 Å². The summed E-state index contributed by atoms with van der Waals surface area (Å²) in [6.45, 7) is 0.892. The number of hydrogen-bond donors (Lipinski definition) is 0. The van der Waals surface area contributed by atoms with Gasteiger partial charge in [-0.25, -0.2) is 0 Å². The molecule has 0 amide bonds. The third-order valence-electron chi connectivity index (χ3n) is 3.63. The Balaban J connectivity index is 1.76. The first-order valence-corrected chi connectivity index (χ1v) is 7.86. The van der Waals surface area contributed by atoms with Gasteiger partial charge in [-0.15, -0.1) is 5.10 Å². The quantitative estimate of drug-likeness (QED) is 0.497. The van der Waals surface area contributed by atoms with E-state index in [0.29, 0.717) is 29.5 Å². The van der Waals surface area contributed by atoms with Crippen molar-refractivity contribution in [3.8, 4) is 5.69 Å². The van der Waals surface area contributed by atoms with Gasteiger partial charge in [0, 0.05) is 23.7 Å². The van der Waals surface area contributed by atoms with E-state index in [2.05, 4.69) is 15.5 Å². The molecule has 0 radical (unpaired) electrons. The van der Waals surface area contributed by atoms with Crippen LogP contribution in [0.15, 0.2) is 48.5 Å². The predicted molar refractivity (Wildman–Crippen MR) is 92.4 cm³/mol. The molecule has 0 aliphatic rings. The zero-order valence-corrected chi connectivity index (χ0v) is 14.2. The van der Waals surface area contributed by atoms with Crippen LogP contribution in [0.1, 0.15) is 11.4 Å². The molecule has 0 bridgehead atoms. The van der Waals surface area contributed by atoms with Crippen molar-refractivity contribution in [2.24, 2.45) is 0 Å². The van der Waals surface area contributed by atoms with Crippen molar-refractivity contribution in [1.29, 1.82) is 0 Å². The molecule has 0 aliphatic heterocycles. The minimum absolute atomic E-state index is 0.0157. The summed E-state index contributed by atoms with van der Waals surface area (Å²) in [6, 6.07) is 14.0. The third kappa shape index (κ3) is 3.98. The summed E-state index contributed by atoms with van der Waals surface area (Å²) in [7, 11) is 1.87. The molecule has 0 N–H and O–H groups in total. The van der Waals surface area contributed by atoms with Crippen molar-refractivity contribution in [3.63, 3.8) is 0 Å². The van der Waals surface area contributed by atoms with Crippen molar-refractivity contribution < 1.29 is 4.92 Å². The van der Waals surface area contributed by atoms with Gasteiger partial charge in [-0.1, -0.05) is 29.8 Å². The SMILES string of the molecule is CN(Cc1cc([N+](=O)[O-])ccc1Cl)Cc1nnnn1-c1ccccc1. The number of non-ortho nitro benzene ring substituents is 1. The first-order valence-electron chi connectivity index (χ1n) is 7.48. The third-order valence-corrected chi connectivity index (χ3v) is 4.00. The average Bonchev–Trinajstić information content (AvgIpc) is 3.05. The van der Waals surface area contributed by atoms with Crippen molar-refractivity contribution in [1.82, 2.24) is 25.1 Å². The molecule has 9 heteroatoms. The molecule has 25 heavy (non-hydrogen) atoms. The van der Waals surface area contributed by atoms with Crippen molar-refractivity contribution >= 4 is 17.3 Å². The monoisotopic (exact) mass is 358 g/mol. The molecule has 0 unspecified atom stereocenters. The Kier molecular flexibility index (Phi) is 5.01. The van der Waals surface area contributed by atoms with Crippen LogP contribution in [0.4, 0.5) is 5.69 Å². The summed E-state index contributed by atoms with van der Waals surface area (Å²) in [5, 5.41) is 23.2. The Morgan fingerprint density at radius 3 is 2.68 bits per heavy atom. The number of para-hydroxylation sites is 1. The Morgan fingerprint density at radius 2 is 1.96 bits per heavy atom.